The van der Waals surface area contributed by atoms with Gasteiger partial charge in [0.15, 0.2) is 17.4 Å². The number of rotatable bonds is 8. The van der Waals surface area contributed by atoms with Gasteiger partial charge in [-0.2, -0.15) is 0 Å². The molecule has 0 aliphatic rings. The molecule has 0 aliphatic heterocycles. The first-order chi connectivity index (χ1) is 13.9. The Labute approximate surface area is 165 Å². The first-order valence-electron chi connectivity index (χ1n) is 8.81. The third-order valence-corrected chi connectivity index (χ3v) is 4.39. The van der Waals surface area contributed by atoms with Crippen LogP contribution in [0.25, 0.3) is 11.3 Å². The van der Waals surface area contributed by atoms with Crippen LogP contribution in [-0.2, 0) is 17.8 Å². The Bertz CT molecular complexity index is 991. The summed E-state index contributed by atoms with van der Waals surface area (Å²) in [6, 6.07) is 9.26. The average molecular weight is 403 g/mol. The van der Waals surface area contributed by atoms with Crippen LogP contribution in [0.2, 0.25) is 0 Å². The predicted molar refractivity (Wildman–Crippen MR) is 99.9 cm³/mol. The molecular weight excluding hydrogens is 384 g/mol. The fraction of sp³-hybridized carbons (Fsp3) is 0.238. The quantitative estimate of drug-likeness (QED) is 0.595. The summed E-state index contributed by atoms with van der Waals surface area (Å²) < 4.78 is 44.4. The maximum absolute atomic E-state index is 14.3. The number of benzene rings is 2. The minimum Gasteiger partial charge on any atom is -0.497 e. The number of aromatic nitrogens is 1. The van der Waals surface area contributed by atoms with Crippen molar-refractivity contribution in [1.82, 2.24) is 5.16 Å². The van der Waals surface area contributed by atoms with Gasteiger partial charge >= 0.3 is 5.97 Å². The van der Waals surface area contributed by atoms with E-state index in [4.69, 9.17) is 19.1 Å². The van der Waals surface area contributed by atoms with Crippen LogP contribution in [0.4, 0.5) is 8.78 Å². The van der Waals surface area contributed by atoms with E-state index in [1.165, 1.54) is 0 Å². The zero-order valence-electron chi connectivity index (χ0n) is 15.9. The Balaban J connectivity index is 1.79. The Kier molecular flexibility index (Phi) is 6.11. The van der Waals surface area contributed by atoms with E-state index in [-0.39, 0.29) is 25.0 Å². The molecule has 1 aromatic heterocycles. The van der Waals surface area contributed by atoms with Crippen LogP contribution in [0.3, 0.4) is 0 Å². The molecule has 29 heavy (non-hydrogen) atoms. The number of carbonyl (C=O) groups is 1. The second kappa shape index (κ2) is 8.72. The number of carboxylic acids is 1. The summed E-state index contributed by atoms with van der Waals surface area (Å²) in [6.07, 6.45) is -0.194. The van der Waals surface area contributed by atoms with Crippen molar-refractivity contribution < 1.29 is 32.7 Å². The summed E-state index contributed by atoms with van der Waals surface area (Å²) >= 11 is 0. The second-order valence-electron chi connectivity index (χ2n) is 6.37. The highest BCUT2D eigenvalue weighted by Gasteiger charge is 2.19. The zero-order chi connectivity index (χ0) is 21.0. The van der Waals surface area contributed by atoms with Gasteiger partial charge in [0.05, 0.1) is 12.7 Å². The minimum atomic E-state index is -1.04. The van der Waals surface area contributed by atoms with Gasteiger partial charge in [-0.05, 0) is 55.3 Å². The van der Waals surface area contributed by atoms with E-state index in [0.717, 1.165) is 17.7 Å². The van der Waals surface area contributed by atoms with Crippen molar-refractivity contribution in [1.29, 1.82) is 0 Å². The Morgan fingerprint density at radius 2 is 1.83 bits per heavy atom. The van der Waals surface area contributed by atoms with Crippen molar-refractivity contribution in [3.05, 3.63) is 64.9 Å². The molecule has 0 bridgehead atoms. The summed E-state index contributed by atoms with van der Waals surface area (Å²) in [6.45, 7) is 1.53. The summed E-state index contributed by atoms with van der Waals surface area (Å²) in [5, 5.41) is 12.7. The highest BCUT2D eigenvalue weighted by molar-refractivity contribution is 5.67. The number of aryl methyl sites for hydroxylation is 2. The van der Waals surface area contributed by atoms with Gasteiger partial charge in [0.2, 0.25) is 0 Å². The van der Waals surface area contributed by atoms with Crippen molar-refractivity contribution in [2.45, 2.75) is 26.4 Å². The predicted octanol–water partition coefficient (Wildman–Crippen LogP) is 4.53. The lowest BCUT2D eigenvalue weighted by molar-refractivity contribution is -0.136. The van der Waals surface area contributed by atoms with E-state index in [9.17, 15) is 13.6 Å². The molecule has 3 rings (SSSR count). The molecule has 0 amide bonds. The Morgan fingerprint density at radius 3 is 2.41 bits per heavy atom. The smallest absolute Gasteiger partial charge is 0.303 e. The van der Waals surface area contributed by atoms with Gasteiger partial charge in [0, 0.05) is 12.0 Å². The van der Waals surface area contributed by atoms with E-state index in [1.807, 2.05) is 0 Å². The van der Waals surface area contributed by atoms with E-state index in [1.54, 1.807) is 38.3 Å². The van der Waals surface area contributed by atoms with Crippen LogP contribution < -0.4 is 9.47 Å². The minimum absolute atomic E-state index is 0.0236. The van der Waals surface area contributed by atoms with Gasteiger partial charge in [0.1, 0.15) is 23.8 Å². The number of methoxy groups -OCH3 is 1. The van der Waals surface area contributed by atoms with Crippen LogP contribution >= 0.6 is 0 Å². The van der Waals surface area contributed by atoms with Gasteiger partial charge in [-0.3, -0.25) is 4.79 Å². The maximum atomic E-state index is 14.3. The molecule has 2 aromatic carbocycles. The largest absolute Gasteiger partial charge is 0.497 e. The lowest BCUT2D eigenvalue weighted by Crippen LogP contribution is -2.04. The summed E-state index contributed by atoms with van der Waals surface area (Å²) in [5.41, 5.74) is 2.05. The van der Waals surface area contributed by atoms with Crippen molar-refractivity contribution in [2.24, 2.45) is 0 Å². The van der Waals surface area contributed by atoms with Gasteiger partial charge in [0.25, 0.3) is 0 Å². The molecule has 0 saturated carbocycles. The summed E-state index contributed by atoms with van der Waals surface area (Å²) in [5.74, 6) is -2.23. The topological polar surface area (TPSA) is 81.8 Å². The van der Waals surface area contributed by atoms with Crippen molar-refractivity contribution in [3.8, 4) is 22.8 Å². The molecule has 0 saturated heterocycles. The normalized spacial score (nSPS) is 10.8. The lowest BCUT2D eigenvalue weighted by atomic mass is 10.1. The molecule has 3 aromatic rings. The standard InChI is InChI=1S/C21H19F2NO5/c1-12-16(20(24-29-12)14-4-6-15(27-2)7-5-14)11-28-21-17(22)9-13(10-18(21)23)3-8-19(25)26/h4-7,9-10H,3,8,11H2,1-2H3,(H,25,26). The van der Waals surface area contributed by atoms with Crippen LogP contribution in [0.5, 0.6) is 11.5 Å². The van der Waals surface area contributed by atoms with Crippen LogP contribution in [-0.4, -0.2) is 23.3 Å². The molecule has 6 nitrogen and oxygen atoms in total. The van der Waals surface area contributed by atoms with E-state index >= 15 is 0 Å². The van der Waals surface area contributed by atoms with E-state index in [2.05, 4.69) is 5.16 Å². The molecule has 0 spiro atoms. The van der Waals surface area contributed by atoms with Gasteiger partial charge < -0.3 is 19.1 Å². The molecular formula is C21H19F2NO5. The van der Waals surface area contributed by atoms with Gasteiger partial charge in [-0.1, -0.05) is 5.16 Å². The molecule has 0 fully saturated rings. The average Bonchev–Trinajstić information content (AvgIpc) is 3.06. The molecule has 1 N–H and O–H groups in total. The third kappa shape index (κ3) is 4.71. The van der Waals surface area contributed by atoms with Gasteiger partial charge in [-0.15, -0.1) is 0 Å². The van der Waals surface area contributed by atoms with E-state index in [0.29, 0.717) is 22.8 Å². The molecule has 0 atom stereocenters. The number of nitrogens with zero attached hydrogens (tertiary/aromatic N) is 1. The first-order valence-corrected chi connectivity index (χ1v) is 8.81. The summed E-state index contributed by atoms with van der Waals surface area (Å²) in [7, 11) is 1.56. The number of hydrogen-bond donors (Lipinski definition) is 1. The maximum Gasteiger partial charge on any atom is 0.303 e. The van der Waals surface area contributed by atoms with Crippen LogP contribution in [0, 0.1) is 18.6 Å². The van der Waals surface area contributed by atoms with Gasteiger partial charge in [-0.25, -0.2) is 8.78 Å². The Hall–Kier alpha value is -3.42. The first kappa shape index (κ1) is 20.3. The molecule has 0 radical (unpaired) electrons. The molecule has 0 unspecified atom stereocenters. The molecule has 8 heteroatoms. The summed E-state index contributed by atoms with van der Waals surface area (Å²) in [4.78, 5) is 10.6. The fourth-order valence-corrected chi connectivity index (χ4v) is 2.83. The number of carboxylic acid groups (broad SMARTS) is 1. The second-order valence-corrected chi connectivity index (χ2v) is 6.37. The zero-order valence-corrected chi connectivity index (χ0v) is 15.9. The fourth-order valence-electron chi connectivity index (χ4n) is 2.83. The highest BCUT2D eigenvalue weighted by Crippen LogP contribution is 2.30. The van der Waals surface area contributed by atoms with E-state index < -0.39 is 23.4 Å². The number of halogens is 2. The lowest BCUT2D eigenvalue weighted by Gasteiger charge is -2.10. The Morgan fingerprint density at radius 1 is 1.17 bits per heavy atom. The van der Waals surface area contributed by atoms with Crippen LogP contribution in [0.15, 0.2) is 40.9 Å². The number of hydrogen-bond acceptors (Lipinski definition) is 5. The highest BCUT2D eigenvalue weighted by atomic mass is 19.1. The van der Waals surface area contributed by atoms with Crippen molar-refractivity contribution >= 4 is 5.97 Å². The number of ether oxygens (including phenoxy) is 2. The SMILES string of the molecule is COc1ccc(-c2noc(C)c2COc2c(F)cc(CCC(=O)O)cc2F)cc1. The molecule has 152 valence electrons. The third-order valence-electron chi connectivity index (χ3n) is 4.39. The molecule has 1 heterocycles. The van der Waals surface area contributed by atoms with Crippen LogP contribution in [0.1, 0.15) is 23.3 Å². The van der Waals surface area contributed by atoms with Crippen molar-refractivity contribution in [2.75, 3.05) is 7.11 Å². The van der Waals surface area contributed by atoms with Crippen molar-refractivity contribution in [3.63, 3.8) is 0 Å². The number of aliphatic carboxylic acids is 1. The monoisotopic (exact) mass is 403 g/mol. The molecule has 0 aliphatic carbocycles.